The summed E-state index contributed by atoms with van der Waals surface area (Å²) in [6.07, 6.45) is 0.544. The average Bonchev–Trinajstić information content (AvgIpc) is 2.81. The van der Waals surface area contributed by atoms with Crippen molar-refractivity contribution in [1.82, 2.24) is 9.97 Å². The average molecular weight is 302 g/mol. The molecule has 0 aliphatic rings. The molecule has 2 aromatic rings. The van der Waals surface area contributed by atoms with Crippen LogP contribution < -0.4 is 5.32 Å². The molecule has 5 nitrogen and oxygen atoms in total. The summed E-state index contributed by atoms with van der Waals surface area (Å²) >= 11 is 7.38. The van der Waals surface area contributed by atoms with E-state index in [0.29, 0.717) is 25.4 Å². The van der Waals surface area contributed by atoms with E-state index >= 15 is 0 Å². The van der Waals surface area contributed by atoms with E-state index < -0.39 is 5.60 Å². The predicted molar refractivity (Wildman–Crippen MR) is 78.0 cm³/mol. The zero-order chi connectivity index (χ0) is 13.9. The van der Waals surface area contributed by atoms with Gasteiger partial charge in [0, 0.05) is 26.7 Å². The number of ether oxygens (including phenoxy) is 1. The second kappa shape index (κ2) is 6.00. The maximum atomic E-state index is 10.2. The largest absolute Gasteiger partial charge is 0.388 e. The van der Waals surface area contributed by atoms with Crippen LogP contribution in [0.2, 0.25) is 5.28 Å². The molecule has 2 aromatic heterocycles. The van der Waals surface area contributed by atoms with Gasteiger partial charge in [-0.1, -0.05) is 0 Å². The van der Waals surface area contributed by atoms with E-state index in [1.54, 1.807) is 14.0 Å². The molecule has 19 heavy (non-hydrogen) atoms. The number of hydrogen-bond donors (Lipinski definition) is 2. The number of aromatic nitrogens is 2. The smallest absolute Gasteiger partial charge is 0.225 e. The highest BCUT2D eigenvalue weighted by molar-refractivity contribution is 7.16. The van der Waals surface area contributed by atoms with Gasteiger partial charge in [-0.15, -0.1) is 11.3 Å². The number of fused-ring (bicyclic) bond motifs is 1. The van der Waals surface area contributed by atoms with Crippen LogP contribution in [0.25, 0.3) is 10.2 Å². The van der Waals surface area contributed by atoms with Crippen LogP contribution in [-0.4, -0.2) is 40.9 Å². The second-order valence-electron chi connectivity index (χ2n) is 4.57. The number of thiophene rings is 1. The predicted octanol–water partition coefficient (Wildman–Crippen LogP) is 2.54. The van der Waals surface area contributed by atoms with Gasteiger partial charge in [0.25, 0.3) is 0 Å². The molecule has 1 atom stereocenters. The number of halogens is 1. The minimum absolute atomic E-state index is 0.203. The van der Waals surface area contributed by atoms with E-state index in [9.17, 15) is 5.11 Å². The van der Waals surface area contributed by atoms with Crippen molar-refractivity contribution >= 4 is 39.0 Å². The van der Waals surface area contributed by atoms with Crippen LogP contribution in [0.4, 0.5) is 5.82 Å². The second-order valence-corrected chi connectivity index (χ2v) is 5.81. The zero-order valence-corrected chi connectivity index (χ0v) is 12.4. The fourth-order valence-electron chi connectivity index (χ4n) is 1.65. The first-order valence-electron chi connectivity index (χ1n) is 5.88. The minimum Gasteiger partial charge on any atom is -0.388 e. The topological polar surface area (TPSA) is 67.3 Å². The maximum absolute atomic E-state index is 10.2. The molecular weight excluding hydrogens is 286 g/mol. The molecule has 2 heterocycles. The van der Waals surface area contributed by atoms with E-state index in [2.05, 4.69) is 15.3 Å². The van der Waals surface area contributed by atoms with Gasteiger partial charge in [-0.2, -0.15) is 0 Å². The fourth-order valence-corrected chi connectivity index (χ4v) is 2.63. The van der Waals surface area contributed by atoms with Gasteiger partial charge < -0.3 is 15.2 Å². The Morgan fingerprint density at radius 3 is 3.05 bits per heavy atom. The van der Waals surface area contributed by atoms with Crippen molar-refractivity contribution < 1.29 is 9.84 Å². The Hall–Kier alpha value is -0.950. The number of nitrogens with zero attached hydrogens (tertiary/aromatic N) is 2. The Morgan fingerprint density at radius 1 is 1.53 bits per heavy atom. The van der Waals surface area contributed by atoms with Crippen LogP contribution in [0.15, 0.2) is 11.4 Å². The van der Waals surface area contributed by atoms with E-state index in [1.807, 2.05) is 11.4 Å². The Labute approximate surface area is 120 Å². The molecule has 0 fully saturated rings. The van der Waals surface area contributed by atoms with Gasteiger partial charge in [0.1, 0.15) is 10.6 Å². The lowest BCUT2D eigenvalue weighted by Crippen LogP contribution is -2.34. The van der Waals surface area contributed by atoms with Crippen LogP contribution in [0.5, 0.6) is 0 Å². The summed E-state index contributed by atoms with van der Waals surface area (Å²) in [4.78, 5) is 9.14. The van der Waals surface area contributed by atoms with Crippen molar-refractivity contribution in [1.29, 1.82) is 0 Å². The van der Waals surface area contributed by atoms with Crippen molar-refractivity contribution in [2.24, 2.45) is 0 Å². The molecular formula is C12H16ClN3O2S. The molecule has 1 unspecified atom stereocenters. The lowest BCUT2D eigenvalue weighted by molar-refractivity contribution is 0.0357. The van der Waals surface area contributed by atoms with Gasteiger partial charge in [0.2, 0.25) is 5.28 Å². The monoisotopic (exact) mass is 301 g/mol. The standard InChI is InChI=1S/C12H16ClN3O2S/c1-12(17,4-5-18-2)7-14-9-8-3-6-19-10(8)16-11(13)15-9/h3,6,17H,4-5,7H2,1-2H3,(H,14,15,16). The van der Waals surface area contributed by atoms with Crippen LogP contribution in [0.3, 0.4) is 0 Å². The number of methoxy groups -OCH3 is 1. The Morgan fingerprint density at radius 2 is 2.32 bits per heavy atom. The third-order valence-electron chi connectivity index (χ3n) is 2.78. The zero-order valence-electron chi connectivity index (χ0n) is 10.8. The van der Waals surface area contributed by atoms with Crippen molar-refractivity contribution in [3.63, 3.8) is 0 Å². The number of nitrogens with one attached hydrogen (secondary N) is 1. The van der Waals surface area contributed by atoms with Crippen molar-refractivity contribution in [2.45, 2.75) is 18.9 Å². The minimum atomic E-state index is -0.865. The van der Waals surface area contributed by atoms with Gasteiger partial charge in [0.15, 0.2) is 0 Å². The van der Waals surface area contributed by atoms with Crippen LogP contribution >= 0.6 is 22.9 Å². The van der Waals surface area contributed by atoms with E-state index in [0.717, 1.165) is 10.2 Å². The number of aliphatic hydroxyl groups is 1. The molecule has 0 saturated heterocycles. The van der Waals surface area contributed by atoms with Crippen LogP contribution in [0.1, 0.15) is 13.3 Å². The molecule has 2 rings (SSSR count). The van der Waals surface area contributed by atoms with Gasteiger partial charge in [-0.3, -0.25) is 0 Å². The first kappa shape index (κ1) is 14.5. The molecule has 7 heteroatoms. The number of rotatable bonds is 6. The highest BCUT2D eigenvalue weighted by atomic mass is 35.5. The molecule has 0 aromatic carbocycles. The van der Waals surface area contributed by atoms with E-state index in [-0.39, 0.29) is 5.28 Å². The quantitative estimate of drug-likeness (QED) is 0.803. The van der Waals surface area contributed by atoms with Crippen molar-refractivity contribution in [2.75, 3.05) is 25.6 Å². The lowest BCUT2D eigenvalue weighted by Gasteiger charge is -2.23. The van der Waals surface area contributed by atoms with Gasteiger partial charge in [0.05, 0.1) is 11.0 Å². The van der Waals surface area contributed by atoms with Crippen molar-refractivity contribution in [3.8, 4) is 0 Å². The van der Waals surface area contributed by atoms with Crippen molar-refractivity contribution in [3.05, 3.63) is 16.7 Å². The summed E-state index contributed by atoms with van der Waals surface area (Å²) < 4.78 is 4.97. The maximum Gasteiger partial charge on any atom is 0.225 e. The molecule has 0 radical (unpaired) electrons. The van der Waals surface area contributed by atoms with E-state index in [1.165, 1.54) is 11.3 Å². The number of hydrogen-bond acceptors (Lipinski definition) is 6. The molecule has 0 spiro atoms. The molecule has 0 bridgehead atoms. The summed E-state index contributed by atoms with van der Waals surface area (Å²) in [6.45, 7) is 2.63. The Kier molecular flexibility index (Phi) is 4.57. The summed E-state index contributed by atoms with van der Waals surface area (Å²) in [5, 5.41) is 16.4. The first-order valence-corrected chi connectivity index (χ1v) is 7.13. The Balaban J connectivity index is 2.11. The summed E-state index contributed by atoms with van der Waals surface area (Å²) in [6, 6.07) is 1.93. The summed E-state index contributed by atoms with van der Waals surface area (Å²) in [5.74, 6) is 0.647. The van der Waals surface area contributed by atoms with Gasteiger partial charge in [-0.25, -0.2) is 9.97 Å². The molecule has 0 amide bonds. The third kappa shape index (κ3) is 3.76. The summed E-state index contributed by atoms with van der Waals surface area (Å²) in [5.41, 5.74) is -0.865. The fraction of sp³-hybridized carbons (Fsp3) is 0.500. The lowest BCUT2D eigenvalue weighted by atomic mass is 10.0. The van der Waals surface area contributed by atoms with E-state index in [4.69, 9.17) is 16.3 Å². The molecule has 104 valence electrons. The highest BCUT2D eigenvalue weighted by Crippen LogP contribution is 2.26. The Bertz CT molecular complexity index is 559. The number of anilines is 1. The third-order valence-corrected chi connectivity index (χ3v) is 3.75. The SMILES string of the molecule is COCCC(C)(O)CNc1nc(Cl)nc2sccc12. The summed E-state index contributed by atoms with van der Waals surface area (Å²) in [7, 11) is 1.61. The van der Waals surface area contributed by atoms with Gasteiger partial charge >= 0.3 is 0 Å². The van der Waals surface area contributed by atoms with Crippen LogP contribution in [-0.2, 0) is 4.74 Å². The van der Waals surface area contributed by atoms with Crippen LogP contribution in [0, 0.1) is 0 Å². The molecule has 0 aliphatic carbocycles. The normalized spacial score (nSPS) is 14.5. The first-order chi connectivity index (χ1) is 9.02. The molecule has 0 saturated carbocycles. The molecule has 0 aliphatic heterocycles. The highest BCUT2D eigenvalue weighted by Gasteiger charge is 2.20. The van der Waals surface area contributed by atoms with Gasteiger partial charge in [-0.05, 0) is 30.0 Å². The molecule has 2 N–H and O–H groups in total.